The highest BCUT2D eigenvalue weighted by molar-refractivity contribution is 5.79. The van der Waals surface area contributed by atoms with E-state index >= 15 is 0 Å². The van der Waals surface area contributed by atoms with Gasteiger partial charge in [-0.15, -0.1) is 0 Å². The Labute approximate surface area is 108 Å². The Hall–Kier alpha value is -1.42. The Balaban J connectivity index is 2.05. The molecule has 1 aromatic heterocycles. The van der Waals surface area contributed by atoms with E-state index in [4.69, 9.17) is 5.73 Å². The molecule has 2 heterocycles. The van der Waals surface area contributed by atoms with E-state index < -0.39 is 0 Å². The van der Waals surface area contributed by atoms with E-state index in [1.54, 1.807) is 12.4 Å². The number of pyridine rings is 1. The van der Waals surface area contributed by atoms with Crippen LogP contribution in [0.3, 0.4) is 0 Å². The van der Waals surface area contributed by atoms with Crippen LogP contribution in [-0.4, -0.2) is 33.9 Å². The molecule has 2 N–H and O–H groups in total. The first-order chi connectivity index (χ1) is 8.49. The van der Waals surface area contributed by atoms with Crippen molar-refractivity contribution >= 4 is 5.91 Å². The summed E-state index contributed by atoms with van der Waals surface area (Å²) in [7, 11) is 0. The van der Waals surface area contributed by atoms with E-state index in [0.717, 1.165) is 24.9 Å². The van der Waals surface area contributed by atoms with Crippen LogP contribution in [0.15, 0.2) is 24.5 Å². The average Bonchev–Trinajstić information content (AvgIpc) is 2.28. The van der Waals surface area contributed by atoms with Gasteiger partial charge in [0, 0.05) is 30.5 Å². The minimum absolute atomic E-state index is 0.137. The molecule has 0 spiro atoms. The van der Waals surface area contributed by atoms with Crippen LogP contribution in [0.4, 0.5) is 0 Å². The predicted octanol–water partition coefficient (Wildman–Crippen LogP) is 1.35. The molecule has 1 atom stereocenters. The van der Waals surface area contributed by atoms with Crippen molar-refractivity contribution in [1.82, 2.24) is 9.88 Å². The van der Waals surface area contributed by atoms with E-state index in [0.29, 0.717) is 6.42 Å². The Morgan fingerprint density at radius 1 is 1.50 bits per heavy atom. The molecule has 1 saturated heterocycles. The number of nitrogens with two attached hydrogens (primary N) is 1. The SMILES string of the molecule is CC1(C)CC(N)CCN1C(=O)Cc1ccncc1. The Morgan fingerprint density at radius 2 is 2.17 bits per heavy atom. The summed E-state index contributed by atoms with van der Waals surface area (Å²) >= 11 is 0. The third kappa shape index (κ3) is 2.88. The van der Waals surface area contributed by atoms with Crippen molar-refractivity contribution in [2.24, 2.45) is 5.73 Å². The van der Waals surface area contributed by atoms with Crippen LogP contribution in [0.25, 0.3) is 0 Å². The lowest BCUT2D eigenvalue weighted by atomic mass is 9.87. The van der Waals surface area contributed by atoms with Crippen molar-refractivity contribution in [1.29, 1.82) is 0 Å². The van der Waals surface area contributed by atoms with Crippen molar-refractivity contribution in [2.45, 2.75) is 44.7 Å². The van der Waals surface area contributed by atoms with Gasteiger partial charge >= 0.3 is 0 Å². The smallest absolute Gasteiger partial charge is 0.227 e. The normalized spacial score (nSPS) is 22.8. The topological polar surface area (TPSA) is 59.2 Å². The lowest BCUT2D eigenvalue weighted by Crippen LogP contribution is -2.56. The number of carbonyl (C=O) groups is 1. The molecule has 0 aliphatic carbocycles. The van der Waals surface area contributed by atoms with E-state index in [1.165, 1.54) is 0 Å². The lowest BCUT2D eigenvalue weighted by Gasteiger charge is -2.45. The van der Waals surface area contributed by atoms with Crippen molar-refractivity contribution in [3.05, 3.63) is 30.1 Å². The van der Waals surface area contributed by atoms with Gasteiger partial charge in [-0.2, -0.15) is 0 Å². The number of carbonyl (C=O) groups excluding carboxylic acids is 1. The maximum absolute atomic E-state index is 12.4. The zero-order valence-electron chi connectivity index (χ0n) is 11.1. The zero-order valence-corrected chi connectivity index (χ0v) is 11.1. The van der Waals surface area contributed by atoms with Gasteiger partial charge in [-0.3, -0.25) is 9.78 Å². The predicted molar refractivity (Wildman–Crippen MR) is 70.9 cm³/mol. The second kappa shape index (κ2) is 5.06. The summed E-state index contributed by atoms with van der Waals surface area (Å²) in [5, 5.41) is 0. The third-order valence-corrected chi connectivity index (χ3v) is 3.62. The minimum Gasteiger partial charge on any atom is -0.337 e. The summed E-state index contributed by atoms with van der Waals surface area (Å²) in [6, 6.07) is 3.99. The van der Waals surface area contributed by atoms with Gasteiger partial charge in [0.1, 0.15) is 0 Å². The van der Waals surface area contributed by atoms with Gasteiger partial charge in [0.2, 0.25) is 5.91 Å². The summed E-state index contributed by atoms with van der Waals surface area (Å²) in [6.45, 7) is 4.95. The fourth-order valence-corrected chi connectivity index (χ4v) is 2.68. The number of nitrogens with zero attached hydrogens (tertiary/aromatic N) is 2. The van der Waals surface area contributed by atoms with Crippen molar-refractivity contribution in [2.75, 3.05) is 6.54 Å². The van der Waals surface area contributed by atoms with E-state index in [9.17, 15) is 4.79 Å². The Kier molecular flexibility index (Phi) is 3.66. The van der Waals surface area contributed by atoms with Gasteiger partial charge in [0.15, 0.2) is 0 Å². The average molecular weight is 247 g/mol. The number of piperidine rings is 1. The highest BCUT2D eigenvalue weighted by Crippen LogP contribution is 2.27. The molecule has 2 rings (SSSR count). The first-order valence-corrected chi connectivity index (χ1v) is 6.44. The van der Waals surface area contributed by atoms with E-state index in [1.807, 2.05) is 17.0 Å². The molecule has 1 unspecified atom stereocenters. The molecule has 0 radical (unpaired) electrons. The maximum atomic E-state index is 12.4. The first kappa shape index (κ1) is 13.0. The molecule has 1 fully saturated rings. The molecule has 0 bridgehead atoms. The van der Waals surface area contributed by atoms with Gasteiger partial charge in [0.25, 0.3) is 0 Å². The molecular weight excluding hydrogens is 226 g/mol. The van der Waals surface area contributed by atoms with Crippen molar-refractivity contribution in [3.63, 3.8) is 0 Å². The van der Waals surface area contributed by atoms with Crippen LogP contribution >= 0.6 is 0 Å². The monoisotopic (exact) mass is 247 g/mol. The van der Waals surface area contributed by atoms with E-state index in [2.05, 4.69) is 18.8 Å². The minimum atomic E-state index is -0.137. The maximum Gasteiger partial charge on any atom is 0.227 e. The molecule has 0 aromatic carbocycles. The molecule has 98 valence electrons. The summed E-state index contributed by atoms with van der Waals surface area (Å²) in [4.78, 5) is 18.3. The van der Waals surface area contributed by atoms with Crippen LogP contribution in [-0.2, 0) is 11.2 Å². The molecule has 18 heavy (non-hydrogen) atoms. The fourth-order valence-electron chi connectivity index (χ4n) is 2.68. The number of hydrogen-bond acceptors (Lipinski definition) is 3. The third-order valence-electron chi connectivity index (χ3n) is 3.62. The van der Waals surface area contributed by atoms with Gasteiger partial charge in [-0.25, -0.2) is 0 Å². The Bertz CT molecular complexity index is 416. The summed E-state index contributed by atoms with van der Waals surface area (Å²) in [5.74, 6) is 0.179. The zero-order chi connectivity index (χ0) is 13.2. The van der Waals surface area contributed by atoms with Crippen molar-refractivity contribution < 1.29 is 4.79 Å². The number of likely N-dealkylation sites (tertiary alicyclic amines) is 1. The standard InChI is InChI=1S/C14H21N3O/c1-14(2)10-12(15)5-8-17(14)13(18)9-11-3-6-16-7-4-11/h3-4,6-7,12H,5,8-10,15H2,1-2H3. The highest BCUT2D eigenvalue weighted by Gasteiger charge is 2.35. The van der Waals surface area contributed by atoms with Crippen LogP contribution < -0.4 is 5.73 Å². The molecule has 1 aliphatic rings. The summed E-state index contributed by atoms with van der Waals surface area (Å²) in [6.07, 6.45) is 5.65. The quantitative estimate of drug-likeness (QED) is 0.858. The number of rotatable bonds is 2. The highest BCUT2D eigenvalue weighted by atomic mass is 16.2. The van der Waals surface area contributed by atoms with Gasteiger partial charge in [0.05, 0.1) is 6.42 Å². The lowest BCUT2D eigenvalue weighted by molar-refractivity contribution is -0.138. The number of hydrogen-bond donors (Lipinski definition) is 1. The second-order valence-corrected chi connectivity index (χ2v) is 5.64. The molecule has 0 saturated carbocycles. The molecular formula is C14H21N3O. The summed E-state index contributed by atoms with van der Waals surface area (Å²) in [5.41, 5.74) is 6.86. The molecule has 4 nitrogen and oxygen atoms in total. The number of aromatic nitrogens is 1. The fraction of sp³-hybridized carbons (Fsp3) is 0.571. The van der Waals surface area contributed by atoms with Gasteiger partial charge < -0.3 is 10.6 Å². The van der Waals surface area contributed by atoms with Gasteiger partial charge in [-0.1, -0.05) is 0 Å². The molecule has 4 heteroatoms. The van der Waals surface area contributed by atoms with Crippen LogP contribution in [0, 0.1) is 0 Å². The second-order valence-electron chi connectivity index (χ2n) is 5.64. The van der Waals surface area contributed by atoms with Crippen molar-refractivity contribution in [3.8, 4) is 0 Å². The Morgan fingerprint density at radius 3 is 2.78 bits per heavy atom. The molecule has 1 amide bonds. The van der Waals surface area contributed by atoms with E-state index in [-0.39, 0.29) is 17.5 Å². The summed E-state index contributed by atoms with van der Waals surface area (Å²) < 4.78 is 0. The molecule has 1 aromatic rings. The van der Waals surface area contributed by atoms with Crippen LogP contribution in [0.1, 0.15) is 32.3 Å². The largest absolute Gasteiger partial charge is 0.337 e. The first-order valence-electron chi connectivity index (χ1n) is 6.44. The number of amides is 1. The van der Waals surface area contributed by atoms with Crippen LogP contribution in [0.5, 0.6) is 0 Å². The molecule has 1 aliphatic heterocycles. The van der Waals surface area contributed by atoms with Gasteiger partial charge in [-0.05, 0) is 44.4 Å². The van der Waals surface area contributed by atoms with Crippen LogP contribution in [0.2, 0.25) is 0 Å².